The number of imidazole rings is 1. The largest absolute Gasteiger partial charge is 0.480 e. The standard InChI is InChI=1S/C23H41N7O5S/c1-4-14(2)19(22(33)28-17(23(34)35)7-5-6-9-24)30-21(32)18(11-15-12-26-13-27-15)29-20(31)16(25)8-10-36-3/h12-14,16-19H,4-11,24-25H2,1-3H3,(H,26,27)(H,28,33)(H,29,31)(H,30,32)(H,34,35). The predicted molar refractivity (Wildman–Crippen MR) is 139 cm³/mol. The number of carboxylic acids is 1. The van der Waals surface area contributed by atoms with Crippen molar-refractivity contribution in [3.63, 3.8) is 0 Å². The highest BCUT2D eigenvalue weighted by Gasteiger charge is 2.32. The van der Waals surface area contributed by atoms with Gasteiger partial charge in [0.05, 0.1) is 12.4 Å². The second-order valence-corrected chi connectivity index (χ2v) is 9.77. The Morgan fingerprint density at radius 1 is 1.08 bits per heavy atom. The zero-order valence-corrected chi connectivity index (χ0v) is 22.1. The van der Waals surface area contributed by atoms with E-state index < -0.39 is 47.9 Å². The Kier molecular flexibility index (Phi) is 14.8. The molecular weight excluding hydrogens is 486 g/mol. The molecule has 36 heavy (non-hydrogen) atoms. The Morgan fingerprint density at radius 2 is 1.78 bits per heavy atom. The maximum absolute atomic E-state index is 13.3. The zero-order valence-electron chi connectivity index (χ0n) is 21.3. The third kappa shape index (κ3) is 11.0. The van der Waals surface area contributed by atoms with Crippen LogP contribution in [0.25, 0.3) is 0 Å². The van der Waals surface area contributed by atoms with Crippen molar-refractivity contribution < 1.29 is 24.3 Å². The van der Waals surface area contributed by atoms with E-state index in [1.807, 2.05) is 13.2 Å². The van der Waals surface area contributed by atoms with Gasteiger partial charge in [0.15, 0.2) is 0 Å². The summed E-state index contributed by atoms with van der Waals surface area (Å²) in [7, 11) is 0. The second kappa shape index (κ2) is 16.9. The number of aliphatic carboxylic acids is 1. The molecule has 1 aromatic heterocycles. The van der Waals surface area contributed by atoms with Gasteiger partial charge in [-0.3, -0.25) is 14.4 Å². The molecular formula is C23H41N7O5S. The highest BCUT2D eigenvalue weighted by molar-refractivity contribution is 7.98. The van der Waals surface area contributed by atoms with E-state index in [2.05, 4.69) is 25.9 Å². The summed E-state index contributed by atoms with van der Waals surface area (Å²) in [5.41, 5.74) is 12.1. The van der Waals surface area contributed by atoms with E-state index in [9.17, 15) is 24.3 Å². The fourth-order valence-corrected chi connectivity index (χ4v) is 3.94. The summed E-state index contributed by atoms with van der Waals surface area (Å²) in [6.45, 7) is 4.08. The molecule has 0 spiro atoms. The van der Waals surface area contributed by atoms with Crippen LogP contribution >= 0.6 is 11.8 Å². The van der Waals surface area contributed by atoms with E-state index in [0.29, 0.717) is 43.7 Å². The van der Waals surface area contributed by atoms with E-state index in [4.69, 9.17) is 11.5 Å². The van der Waals surface area contributed by atoms with Crippen LogP contribution in [0, 0.1) is 5.92 Å². The van der Waals surface area contributed by atoms with Gasteiger partial charge >= 0.3 is 5.97 Å². The number of nitrogens with two attached hydrogens (primary N) is 2. The van der Waals surface area contributed by atoms with Crippen molar-refractivity contribution in [3.05, 3.63) is 18.2 Å². The first kappa shape index (κ1) is 31.4. The number of aromatic nitrogens is 2. The molecule has 1 rings (SSSR count). The molecule has 0 aliphatic heterocycles. The van der Waals surface area contributed by atoms with Crippen LogP contribution in [0.15, 0.2) is 12.5 Å². The lowest BCUT2D eigenvalue weighted by Crippen LogP contribution is -2.59. The van der Waals surface area contributed by atoms with Crippen LogP contribution in [0.5, 0.6) is 0 Å². The topological polar surface area (TPSA) is 205 Å². The summed E-state index contributed by atoms with van der Waals surface area (Å²) >= 11 is 1.56. The number of nitrogens with zero attached hydrogens (tertiary/aromatic N) is 1. The molecule has 0 aliphatic carbocycles. The van der Waals surface area contributed by atoms with Crippen molar-refractivity contribution in [1.29, 1.82) is 0 Å². The first-order valence-corrected chi connectivity index (χ1v) is 13.6. The smallest absolute Gasteiger partial charge is 0.326 e. The van der Waals surface area contributed by atoms with Crippen molar-refractivity contribution in [1.82, 2.24) is 25.9 Å². The summed E-state index contributed by atoms with van der Waals surface area (Å²) in [6.07, 6.45) is 7.43. The number of carbonyl (C=O) groups is 4. The van der Waals surface area contributed by atoms with Crippen molar-refractivity contribution in [2.45, 2.75) is 76.5 Å². The van der Waals surface area contributed by atoms with E-state index >= 15 is 0 Å². The summed E-state index contributed by atoms with van der Waals surface area (Å²) in [5, 5.41) is 17.5. The van der Waals surface area contributed by atoms with Gasteiger partial charge in [-0.2, -0.15) is 11.8 Å². The molecule has 0 radical (unpaired) electrons. The predicted octanol–water partition coefficient (Wildman–Crippen LogP) is -0.253. The summed E-state index contributed by atoms with van der Waals surface area (Å²) in [6, 6.07) is -3.89. The Balaban J connectivity index is 3.02. The van der Waals surface area contributed by atoms with E-state index in [-0.39, 0.29) is 18.8 Å². The number of nitrogens with one attached hydrogen (secondary N) is 4. The highest BCUT2D eigenvalue weighted by Crippen LogP contribution is 2.11. The monoisotopic (exact) mass is 527 g/mol. The fraction of sp³-hybridized carbons (Fsp3) is 0.696. The van der Waals surface area contributed by atoms with E-state index in [0.717, 1.165) is 0 Å². The molecule has 0 saturated carbocycles. The Labute approximate surface area is 216 Å². The lowest BCUT2D eigenvalue weighted by Gasteiger charge is -2.28. The zero-order chi connectivity index (χ0) is 27.1. The molecule has 5 unspecified atom stereocenters. The van der Waals surface area contributed by atoms with E-state index in [1.165, 1.54) is 12.5 Å². The Bertz CT molecular complexity index is 824. The summed E-state index contributed by atoms with van der Waals surface area (Å²) in [4.78, 5) is 57.5. The SMILES string of the molecule is CCC(C)C(NC(=O)C(Cc1cnc[nH]1)NC(=O)C(N)CCSC)C(=O)NC(CCCCN)C(=O)O. The molecule has 13 heteroatoms. The molecule has 0 aliphatic rings. The highest BCUT2D eigenvalue weighted by atomic mass is 32.2. The molecule has 1 aromatic rings. The van der Waals surface area contributed by atoms with Gasteiger partial charge in [0.25, 0.3) is 0 Å². The average molecular weight is 528 g/mol. The van der Waals surface area contributed by atoms with Gasteiger partial charge in [-0.1, -0.05) is 20.3 Å². The number of aromatic amines is 1. The number of H-pyrrole nitrogens is 1. The number of hydrogen-bond acceptors (Lipinski definition) is 8. The maximum Gasteiger partial charge on any atom is 0.326 e. The number of unbranched alkanes of at least 4 members (excludes halogenated alkanes) is 1. The second-order valence-electron chi connectivity index (χ2n) is 8.79. The van der Waals surface area contributed by atoms with Crippen LogP contribution in [0.4, 0.5) is 0 Å². The van der Waals surface area contributed by atoms with Gasteiger partial charge in [0, 0.05) is 18.3 Å². The number of carboxylic acid groups (broad SMARTS) is 1. The first-order chi connectivity index (χ1) is 17.1. The van der Waals surface area contributed by atoms with Crippen LogP contribution in [-0.4, -0.2) is 81.5 Å². The number of carbonyl (C=O) groups excluding carboxylic acids is 3. The molecule has 0 aromatic carbocycles. The molecule has 0 saturated heterocycles. The lowest BCUT2D eigenvalue weighted by atomic mass is 9.96. The van der Waals surface area contributed by atoms with Gasteiger partial charge in [0.2, 0.25) is 17.7 Å². The van der Waals surface area contributed by atoms with Crippen LogP contribution in [-0.2, 0) is 25.6 Å². The third-order valence-corrected chi connectivity index (χ3v) is 6.58. The lowest BCUT2D eigenvalue weighted by molar-refractivity contribution is -0.143. The van der Waals surface area contributed by atoms with Crippen molar-refractivity contribution in [2.24, 2.45) is 17.4 Å². The summed E-state index contributed by atoms with van der Waals surface area (Å²) in [5.74, 6) is -2.40. The van der Waals surface area contributed by atoms with Gasteiger partial charge in [0.1, 0.15) is 18.1 Å². The van der Waals surface area contributed by atoms with Crippen molar-refractivity contribution in [2.75, 3.05) is 18.6 Å². The number of thioether (sulfide) groups is 1. The number of rotatable bonds is 18. The van der Waals surface area contributed by atoms with Gasteiger partial charge in [-0.05, 0) is 50.2 Å². The number of hydrogen-bond donors (Lipinski definition) is 7. The van der Waals surface area contributed by atoms with Crippen molar-refractivity contribution in [3.8, 4) is 0 Å². The fourth-order valence-electron chi connectivity index (χ4n) is 3.45. The minimum Gasteiger partial charge on any atom is -0.480 e. The Morgan fingerprint density at radius 3 is 2.33 bits per heavy atom. The van der Waals surface area contributed by atoms with Crippen molar-refractivity contribution >= 4 is 35.5 Å². The Hall–Kier alpha value is -2.64. The molecule has 0 fully saturated rings. The van der Waals surface area contributed by atoms with Gasteiger partial charge < -0.3 is 37.5 Å². The van der Waals surface area contributed by atoms with Crippen LogP contribution in [0.2, 0.25) is 0 Å². The third-order valence-electron chi connectivity index (χ3n) is 5.94. The normalized spacial score (nSPS) is 15.2. The van der Waals surface area contributed by atoms with Gasteiger partial charge in [-0.15, -0.1) is 0 Å². The van der Waals surface area contributed by atoms with Crippen LogP contribution in [0.3, 0.4) is 0 Å². The number of amides is 3. The molecule has 1 heterocycles. The summed E-state index contributed by atoms with van der Waals surface area (Å²) < 4.78 is 0. The maximum atomic E-state index is 13.3. The molecule has 9 N–H and O–H groups in total. The van der Waals surface area contributed by atoms with Crippen LogP contribution < -0.4 is 27.4 Å². The first-order valence-electron chi connectivity index (χ1n) is 12.2. The van der Waals surface area contributed by atoms with Gasteiger partial charge in [-0.25, -0.2) is 9.78 Å². The molecule has 12 nitrogen and oxygen atoms in total. The average Bonchev–Trinajstić information content (AvgIpc) is 3.37. The molecule has 204 valence electrons. The minimum absolute atomic E-state index is 0.110. The molecule has 3 amide bonds. The van der Waals surface area contributed by atoms with Crippen LogP contribution in [0.1, 0.15) is 51.6 Å². The quantitative estimate of drug-likeness (QED) is 0.125. The minimum atomic E-state index is -1.15. The molecule has 0 bridgehead atoms. The molecule has 5 atom stereocenters. The van der Waals surface area contributed by atoms with E-state index in [1.54, 1.807) is 18.7 Å².